The number of unbranched alkanes of at least 4 members (excludes halogenated alkanes) is 1. The molecule has 0 aromatic carbocycles. The molecule has 0 aromatic heterocycles. The summed E-state index contributed by atoms with van der Waals surface area (Å²) in [6, 6.07) is 0. The van der Waals surface area contributed by atoms with Gasteiger partial charge in [0.1, 0.15) is 0 Å². The monoisotopic (exact) mass is 130 g/mol. The lowest BCUT2D eigenvalue weighted by Gasteiger charge is -1.80. The summed E-state index contributed by atoms with van der Waals surface area (Å²) in [7, 11) is 0. The maximum absolute atomic E-state index is 5.14. The van der Waals surface area contributed by atoms with Crippen molar-refractivity contribution < 1.29 is 0 Å². The Morgan fingerprint density at radius 2 is 1.89 bits per heavy atom. The van der Waals surface area contributed by atoms with Gasteiger partial charge in [-0.05, 0) is 13.0 Å². The van der Waals surface area contributed by atoms with Gasteiger partial charge in [0.2, 0.25) is 0 Å². The maximum atomic E-state index is 5.14. The lowest BCUT2D eigenvalue weighted by molar-refractivity contribution is 0.807. The Morgan fingerprint density at radius 1 is 1.44 bits per heavy atom. The molecule has 2 heteroatoms. The molecule has 0 aliphatic carbocycles. The van der Waals surface area contributed by atoms with Crippen LogP contribution in [0.3, 0.4) is 0 Å². The predicted molar refractivity (Wildman–Crippen MR) is 43.2 cm³/mol. The summed E-state index contributed by atoms with van der Waals surface area (Å²) in [5.74, 6) is 0. The smallest absolute Gasteiger partial charge is 0.0104 e. The van der Waals surface area contributed by atoms with E-state index in [1.54, 1.807) is 6.08 Å². The van der Waals surface area contributed by atoms with Gasteiger partial charge in [-0.15, -0.1) is 6.58 Å². The molecule has 0 aliphatic rings. The van der Waals surface area contributed by atoms with Gasteiger partial charge in [0.15, 0.2) is 0 Å². The van der Waals surface area contributed by atoms with Crippen molar-refractivity contribution in [1.29, 1.82) is 0 Å². The van der Waals surface area contributed by atoms with E-state index in [9.17, 15) is 0 Å². The SMILES string of the molecule is C=CCN.CCCCN. The Hall–Kier alpha value is -0.340. The van der Waals surface area contributed by atoms with E-state index < -0.39 is 0 Å². The van der Waals surface area contributed by atoms with E-state index in [1.165, 1.54) is 12.8 Å². The molecular weight excluding hydrogens is 112 g/mol. The van der Waals surface area contributed by atoms with Crippen molar-refractivity contribution in [2.45, 2.75) is 19.8 Å². The zero-order chi connectivity index (χ0) is 7.54. The third-order valence-electron chi connectivity index (χ3n) is 0.724. The average Bonchev–Trinajstić information content (AvgIpc) is 1.91. The minimum Gasteiger partial charge on any atom is -0.330 e. The van der Waals surface area contributed by atoms with Crippen LogP contribution < -0.4 is 11.5 Å². The summed E-state index contributed by atoms with van der Waals surface area (Å²) < 4.78 is 0. The molecule has 2 nitrogen and oxygen atoms in total. The highest BCUT2D eigenvalue weighted by molar-refractivity contribution is 4.64. The quantitative estimate of drug-likeness (QED) is 0.557. The first-order valence-corrected chi connectivity index (χ1v) is 3.34. The molecule has 0 saturated heterocycles. The van der Waals surface area contributed by atoms with Crippen LogP contribution in [0.25, 0.3) is 0 Å². The molecule has 0 radical (unpaired) electrons. The normalized spacial score (nSPS) is 7.44. The van der Waals surface area contributed by atoms with Crippen LogP contribution in [0.2, 0.25) is 0 Å². The van der Waals surface area contributed by atoms with Crippen molar-refractivity contribution in [2.24, 2.45) is 11.5 Å². The number of rotatable bonds is 3. The molecule has 56 valence electrons. The van der Waals surface area contributed by atoms with Crippen LogP contribution in [0.1, 0.15) is 19.8 Å². The Kier molecular flexibility index (Phi) is 19.9. The number of nitrogens with two attached hydrogens (primary N) is 2. The van der Waals surface area contributed by atoms with Crippen molar-refractivity contribution in [3.63, 3.8) is 0 Å². The van der Waals surface area contributed by atoms with E-state index in [2.05, 4.69) is 13.5 Å². The van der Waals surface area contributed by atoms with Gasteiger partial charge in [-0.2, -0.15) is 0 Å². The number of hydrogen-bond donors (Lipinski definition) is 2. The van der Waals surface area contributed by atoms with E-state index in [1.807, 2.05) is 0 Å². The fourth-order valence-electron chi connectivity index (χ4n) is 0.204. The van der Waals surface area contributed by atoms with Gasteiger partial charge in [0.05, 0.1) is 0 Å². The second kappa shape index (κ2) is 15.6. The molecule has 0 bridgehead atoms. The Balaban J connectivity index is 0. The first kappa shape index (κ1) is 11.5. The predicted octanol–water partition coefficient (Wildman–Crippen LogP) is 0.876. The van der Waals surface area contributed by atoms with Crippen LogP contribution in [-0.2, 0) is 0 Å². The van der Waals surface area contributed by atoms with Crippen molar-refractivity contribution in [3.8, 4) is 0 Å². The number of hydrogen-bond acceptors (Lipinski definition) is 2. The fourth-order valence-corrected chi connectivity index (χ4v) is 0.204. The van der Waals surface area contributed by atoms with Gasteiger partial charge in [0, 0.05) is 6.54 Å². The highest BCUT2D eigenvalue weighted by Crippen LogP contribution is 1.77. The van der Waals surface area contributed by atoms with E-state index in [-0.39, 0.29) is 0 Å². The molecule has 0 aromatic rings. The van der Waals surface area contributed by atoms with E-state index in [0.29, 0.717) is 6.54 Å². The van der Waals surface area contributed by atoms with Crippen molar-refractivity contribution in [1.82, 2.24) is 0 Å². The van der Waals surface area contributed by atoms with Crippen LogP contribution in [0, 0.1) is 0 Å². The van der Waals surface area contributed by atoms with Gasteiger partial charge in [-0.3, -0.25) is 0 Å². The molecular formula is C7H18N2. The fraction of sp³-hybridized carbons (Fsp3) is 0.714. The molecule has 4 N–H and O–H groups in total. The molecule has 9 heavy (non-hydrogen) atoms. The van der Waals surface area contributed by atoms with Crippen molar-refractivity contribution in [3.05, 3.63) is 12.7 Å². The third-order valence-corrected chi connectivity index (χ3v) is 0.724. The third kappa shape index (κ3) is 34.7. The largest absolute Gasteiger partial charge is 0.330 e. The van der Waals surface area contributed by atoms with Gasteiger partial charge in [-0.1, -0.05) is 19.4 Å². The molecule has 0 heterocycles. The zero-order valence-corrected chi connectivity index (χ0v) is 6.27. The highest BCUT2D eigenvalue weighted by Gasteiger charge is 1.67. The minimum atomic E-state index is 0.583. The van der Waals surface area contributed by atoms with Crippen molar-refractivity contribution >= 4 is 0 Å². The van der Waals surface area contributed by atoms with Crippen LogP contribution in [0.4, 0.5) is 0 Å². The summed E-state index contributed by atoms with van der Waals surface area (Å²) in [5.41, 5.74) is 10.0. The van der Waals surface area contributed by atoms with Crippen LogP contribution in [0.5, 0.6) is 0 Å². The summed E-state index contributed by atoms with van der Waals surface area (Å²) in [5, 5.41) is 0. The molecule has 0 aliphatic heterocycles. The standard InChI is InChI=1S/C4H11N.C3H7N/c1-2-3-4-5;1-2-3-4/h2-5H2,1H3;2H,1,3-4H2. The summed E-state index contributed by atoms with van der Waals surface area (Å²) in [6.07, 6.45) is 4.04. The van der Waals surface area contributed by atoms with Crippen LogP contribution in [0.15, 0.2) is 12.7 Å². The average molecular weight is 130 g/mol. The Labute approximate surface area is 57.9 Å². The molecule has 0 fully saturated rings. The maximum Gasteiger partial charge on any atom is 0.0104 e. The van der Waals surface area contributed by atoms with Crippen molar-refractivity contribution in [2.75, 3.05) is 13.1 Å². The summed E-state index contributed by atoms with van der Waals surface area (Å²) in [4.78, 5) is 0. The summed E-state index contributed by atoms with van der Waals surface area (Å²) in [6.45, 7) is 6.91. The minimum absolute atomic E-state index is 0.583. The van der Waals surface area contributed by atoms with E-state index >= 15 is 0 Å². The zero-order valence-electron chi connectivity index (χ0n) is 6.27. The van der Waals surface area contributed by atoms with Crippen LogP contribution >= 0.6 is 0 Å². The highest BCUT2D eigenvalue weighted by atomic mass is 14.5. The Morgan fingerprint density at radius 3 is 1.89 bits per heavy atom. The topological polar surface area (TPSA) is 52.0 Å². The molecule has 0 saturated carbocycles. The molecule has 0 rings (SSSR count). The summed E-state index contributed by atoms with van der Waals surface area (Å²) >= 11 is 0. The lowest BCUT2D eigenvalue weighted by atomic mass is 10.3. The molecule has 0 unspecified atom stereocenters. The Bertz CT molecular complexity index is 42.2. The van der Waals surface area contributed by atoms with E-state index in [4.69, 9.17) is 11.5 Å². The second-order valence-electron chi connectivity index (χ2n) is 1.67. The van der Waals surface area contributed by atoms with Crippen LogP contribution in [-0.4, -0.2) is 13.1 Å². The molecule has 0 spiro atoms. The van der Waals surface area contributed by atoms with Gasteiger partial charge in [0.25, 0.3) is 0 Å². The second-order valence-corrected chi connectivity index (χ2v) is 1.67. The van der Waals surface area contributed by atoms with E-state index in [0.717, 1.165) is 6.54 Å². The first-order chi connectivity index (χ1) is 4.33. The first-order valence-electron chi connectivity index (χ1n) is 3.34. The van der Waals surface area contributed by atoms with Gasteiger partial charge in [-0.25, -0.2) is 0 Å². The molecule has 0 amide bonds. The van der Waals surface area contributed by atoms with Gasteiger partial charge >= 0.3 is 0 Å². The molecule has 0 atom stereocenters. The van der Waals surface area contributed by atoms with Gasteiger partial charge < -0.3 is 11.5 Å². The lowest BCUT2D eigenvalue weighted by Crippen LogP contribution is -1.95.